The van der Waals surface area contributed by atoms with Gasteiger partial charge in [0.2, 0.25) is 0 Å². The number of rotatable bonds is 1. The molecule has 0 saturated carbocycles. The van der Waals surface area contributed by atoms with Gasteiger partial charge in [0.1, 0.15) is 0 Å². The second kappa shape index (κ2) is 4.83. The summed E-state index contributed by atoms with van der Waals surface area (Å²) in [5.41, 5.74) is 0.988. The van der Waals surface area contributed by atoms with Crippen molar-refractivity contribution in [2.24, 2.45) is 5.41 Å². The summed E-state index contributed by atoms with van der Waals surface area (Å²) >= 11 is 0. The number of carbonyl (C=O) groups excluding carboxylic acids is 1. The van der Waals surface area contributed by atoms with Crippen molar-refractivity contribution in [1.29, 1.82) is 5.26 Å². The Bertz CT molecular complexity index is 600. The van der Waals surface area contributed by atoms with Gasteiger partial charge in [0.05, 0.1) is 30.3 Å². The first kappa shape index (κ1) is 14.1. The highest BCUT2D eigenvalue weighted by Gasteiger charge is 2.50. The molecule has 5 nitrogen and oxygen atoms in total. The van der Waals surface area contributed by atoms with E-state index in [2.05, 4.69) is 6.07 Å². The average Bonchev–Trinajstić information content (AvgIpc) is 2.45. The molecule has 1 aromatic carbocycles. The topological polar surface area (TPSA) is 62.6 Å². The van der Waals surface area contributed by atoms with Crippen LogP contribution in [0.3, 0.4) is 0 Å². The van der Waals surface area contributed by atoms with Crippen LogP contribution < -0.4 is 0 Å². The van der Waals surface area contributed by atoms with Crippen LogP contribution in [-0.4, -0.2) is 42.9 Å². The molecule has 110 valence electrons. The Morgan fingerprint density at radius 1 is 1.29 bits per heavy atom. The first-order chi connectivity index (χ1) is 9.93. The summed E-state index contributed by atoms with van der Waals surface area (Å²) in [5.74, 6) is -0.570. The zero-order chi connectivity index (χ0) is 15.1. The second-order valence-corrected chi connectivity index (χ2v) is 6.33. The minimum absolute atomic E-state index is 0.0393. The molecular weight excluding hydrogens is 268 g/mol. The van der Waals surface area contributed by atoms with Crippen LogP contribution in [0.1, 0.15) is 29.8 Å². The summed E-state index contributed by atoms with van der Waals surface area (Å²) in [7, 11) is 0. The maximum absolute atomic E-state index is 12.4. The van der Waals surface area contributed by atoms with Gasteiger partial charge in [-0.25, -0.2) is 0 Å². The summed E-state index contributed by atoms with van der Waals surface area (Å²) in [6.07, 6.45) is 0. The number of nitriles is 1. The molecule has 21 heavy (non-hydrogen) atoms. The lowest BCUT2D eigenvalue weighted by atomic mass is 9.80. The van der Waals surface area contributed by atoms with Crippen molar-refractivity contribution in [2.45, 2.75) is 19.6 Å². The van der Waals surface area contributed by atoms with E-state index >= 15 is 0 Å². The molecule has 2 fully saturated rings. The van der Waals surface area contributed by atoms with E-state index in [1.807, 2.05) is 13.8 Å². The SMILES string of the molecule is CC1(C)OCC2(CO1)CN(C(=O)c1cccc(C#N)c1)C2. The number of hydrogen-bond acceptors (Lipinski definition) is 4. The molecule has 1 spiro atoms. The van der Waals surface area contributed by atoms with E-state index in [0.29, 0.717) is 37.4 Å². The lowest BCUT2D eigenvalue weighted by Crippen LogP contribution is -2.65. The maximum atomic E-state index is 12.4. The molecule has 0 radical (unpaired) electrons. The number of likely N-dealkylation sites (tertiary alicyclic amines) is 1. The van der Waals surface area contributed by atoms with Gasteiger partial charge in [-0.2, -0.15) is 5.26 Å². The van der Waals surface area contributed by atoms with Crippen molar-refractivity contribution < 1.29 is 14.3 Å². The number of hydrogen-bond donors (Lipinski definition) is 0. The molecular formula is C16H18N2O3. The molecule has 0 aromatic heterocycles. The fourth-order valence-electron chi connectivity index (χ4n) is 2.73. The van der Waals surface area contributed by atoms with E-state index in [1.54, 1.807) is 29.2 Å². The molecule has 0 bridgehead atoms. The molecule has 2 aliphatic heterocycles. The highest BCUT2D eigenvalue weighted by Crippen LogP contribution is 2.38. The fourth-order valence-corrected chi connectivity index (χ4v) is 2.73. The largest absolute Gasteiger partial charge is 0.350 e. The molecule has 2 saturated heterocycles. The Labute approximate surface area is 124 Å². The van der Waals surface area contributed by atoms with Crippen LogP contribution in [0.5, 0.6) is 0 Å². The number of ether oxygens (including phenoxy) is 2. The third kappa shape index (κ3) is 2.65. The lowest BCUT2D eigenvalue weighted by Gasteiger charge is -2.54. The van der Waals surface area contributed by atoms with Crippen molar-refractivity contribution in [3.63, 3.8) is 0 Å². The van der Waals surface area contributed by atoms with Crippen molar-refractivity contribution in [3.05, 3.63) is 35.4 Å². The van der Waals surface area contributed by atoms with E-state index in [4.69, 9.17) is 14.7 Å². The number of carbonyl (C=O) groups is 1. The van der Waals surface area contributed by atoms with Crippen molar-refractivity contribution >= 4 is 5.91 Å². The molecule has 2 aliphatic rings. The normalized spacial score (nSPS) is 22.4. The van der Waals surface area contributed by atoms with Gasteiger partial charge in [-0.1, -0.05) is 6.07 Å². The minimum Gasteiger partial charge on any atom is -0.350 e. The quantitative estimate of drug-likeness (QED) is 0.789. The standard InChI is InChI=1S/C16H18N2O3/c1-15(2)20-10-16(11-21-15)8-18(9-16)14(19)13-5-3-4-12(6-13)7-17/h3-6H,8-11H2,1-2H3. The summed E-state index contributed by atoms with van der Waals surface area (Å²) in [6, 6.07) is 8.85. The maximum Gasteiger partial charge on any atom is 0.253 e. The Kier molecular flexibility index (Phi) is 3.23. The van der Waals surface area contributed by atoms with Gasteiger partial charge in [-0.15, -0.1) is 0 Å². The van der Waals surface area contributed by atoms with Crippen LogP contribution in [0.15, 0.2) is 24.3 Å². The van der Waals surface area contributed by atoms with Crippen LogP contribution in [0.4, 0.5) is 0 Å². The second-order valence-electron chi connectivity index (χ2n) is 6.33. The Morgan fingerprint density at radius 3 is 2.57 bits per heavy atom. The van der Waals surface area contributed by atoms with E-state index < -0.39 is 5.79 Å². The highest BCUT2D eigenvalue weighted by atomic mass is 16.7. The monoisotopic (exact) mass is 286 g/mol. The molecule has 1 amide bonds. The summed E-state index contributed by atoms with van der Waals surface area (Å²) in [4.78, 5) is 14.2. The number of amides is 1. The van der Waals surface area contributed by atoms with Crippen LogP contribution in [0.25, 0.3) is 0 Å². The zero-order valence-electron chi connectivity index (χ0n) is 12.3. The van der Waals surface area contributed by atoms with Gasteiger partial charge in [0.15, 0.2) is 5.79 Å². The molecule has 5 heteroatoms. The minimum atomic E-state index is -0.531. The Balaban J connectivity index is 1.64. The van der Waals surface area contributed by atoms with Crippen molar-refractivity contribution in [1.82, 2.24) is 4.90 Å². The molecule has 3 rings (SSSR count). The van der Waals surface area contributed by atoms with Gasteiger partial charge in [-0.05, 0) is 32.0 Å². The number of nitrogens with zero attached hydrogens (tertiary/aromatic N) is 2. The van der Waals surface area contributed by atoms with Crippen LogP contribution in [0.2, 0.25) is 0 Å². The first-order valence-corrected chi connectivity index (χ1v) is 7.00. The molecule has 0 atom stereocenters. The summed E-state index contributed by atoms with van der Waals surface area (Å²) in [5, 5.41) is 8.89. The van der Waals surface area contributed by atoms with Gasteiger partial charge < -0.3 is 14.4 Å². The van der Waals surface area contributed by atoms with Crippen LogP contribution in [-0.2, 0) is 9.47 Å². The molecule has 1 aromatic rings. The van der Waals surface area contributed by atoms with E-state index in [9.17, 15) is 4.79 Å². The summed E-state index contributed by atoms with van der Waals surface area (Å²) in [6.45, 7) is 6.30. The smallest absolute Gasteiger partial charge is 0.253 e. The van der Waals surface area contributed by atoms with E-state index in [0.717, 1.165) is 0 Å². The zero-order valence-corrected chi connectivity index (χ0v) is 12.3. The molecule has 0 N–H and O–H groups in total. The number of benzene rings is 1. The van der Waals surface area contributed by atoms with Gasteiger partial charge in [0, 0.05) is 18.7 Å². The summed E-state index contributed by atoms with van der Waals surface area (Å²) < 4.78 is 11.4. The van der Waals surface area contributed by atoms with Crippen molar-refractivity contribution in [3.8, 4) is 6.07 Å². The average molecular weight is 286 g/mol. The van der Waals surface area contributed by atoms with Crippen molar-refractivity contribution in [2.75, 3.05) is 26.3 Å². The first-order valence-electron chi connectivity index (χ1n) is 7.00. The predicted molar refractivity (Wildman–Crippen MR) is 75.5 cm³/mol. The molecule has 2 heterocycles. The van der Waals surface area contributed by atoms with Crippen LogP contribution >= 0.6 is 0 Å². The molecule has 0 unspecified atom stereocenters. The van der Waals surface area contributed by atoms with Gasteiger partial charge >= 0.3 is 0 Å². The third-order valence-corrected chi connectivity index (χ3v) is 4.03. The third-order valence-electron chi connectivity index (χ3n) is 4.03. The highest BCUT2D eigenvalue weighted by molar-refractivity contribution is 5.95. The van der Waals surface area contributed by atoms with E-state index in [-0.39, 0.29) is 11.3 Å². The van der Waals surface area contributed by atoms with E-state index in [1.165, 1.54) is 0 Å². The van der Waals surface area contributed by atoms with Gasteiger partial charge in [-0.3, -0.25) is 4.79 Å². The van der Waals surface area contributed by atoms with Gasteiger partial charge in [0.25, 0.3) is 5.91 Å². The fraction of sp³-hybridized carbons (Fsp3) is 0.500. The Hall–Kier alpha value is -1.90. The predicted octanol–water partition coefficient (Wildman–Crippen LogP) is 1.78. The Morgan fingerprint density at radius 2 is 1.95 bits per heavy atom. The van der Waals surface area contributed by atoms with Crippen LogP contribution in [0, 0.1) is 16.7 Å². The lowest BCUT2D eigenvalue weighted by molar-refractivity contribution is -0.301. The molecule has 0 aliphatic carbocycles.